The first-order valence-electron chi connectivity index (χ1n) is 9.87. The number of benzene rings is 1. The number of nitrogens with zero attached hydrogens (tertiary/aromatic N) is 2. The molecule has 0 atom stereocenters. The molecule has 1 aliphatic heterocycles. The first-order chi connectivity index (χ1) is 13.8. The van der Waals surface area contributed by atoms with Crippen LogP contribution in [0.3, 0.4) is 0 Å². The topological polar surface area (TPSA) is 91.4 Å². The van der Waals surface area contributed by atoms with Gasteiger partial charge in [-0.3, -0.25) is 9.69 Å². The largest absolute Gasteiger partial charge is 0.302 e. The van der Waals surface area contributed by atoms with Crippen LogP contribution >= 0.6 is 11.3 Å². The van der Waals surface area contributed by atoms with Gasteiger partial charge in [0, 0.05) is 24.9 Å². The number of nitrogens with one attached hydrogen (secondary N) is 2. The summed E-state index contributed by atoms with van der Waals surface area (Å²) in [7, 11) is -3.64. The number of anilines is 1. The van der Waals surface area contributed by atoms with Crippen LogP contribution in [-0.2, 0) is 21.4 Å². The number of piperidine rings is 1. The molecule has 1 saturated heterocycles. The normalized spacial score (nSPS) is 15.4. The Labute approximate surface area is 176 Å². The van der Waals surface area contributed by atoms with Crippen LogP contribution in [-0.4, -0.2) is 43.8 Å². The molecule has 0 saturated carbocycles. The minimum absolute atomic E-state index is 0.0353. The number of hydrogen-bond acceptors (Lipinski definition) is 6. The molecule has 158 valence electrons. The fourth-order valence-electron chi connectivity index (χ4n) is 3.34. The molecule has 1 aromatic heterocycles. The van der Waals surface area contributed by atoms with E-state index in [1.165, 1.54) is 30.6 Å². The van der Waals surface area contributed by atoms with Gasteiger partial charge in [-0.2, -0.15) is 0 Å². The molecule has 1 aromatic carbocycles. The smallest absolute Gasteiger partial charge is 0.240 e. The Morgan fingerprint density at radius 2 is 1.97 bits per heavy atom. The highest BCUT2D eigenvalue weighted by molar-refractivity contribution is 7.89. The number of amides is 1. The monoisotopic (exact) mass is 436 g/mol. The van der Waals surface area contributed by atoms with Gasteiger partial charge in [0.25, 0.3) is 0 Å². The van der Waals surface area contributed by atoms with Crippen LogP contribution in [0.5, 0.6) is 0 Å². The predicted octanol–water partition coefficient (Wildman–Crippen LogP) is 3.05. The van der Waals surface area contributed by atoms with Crippen LogP contribution in [0, 0.1) is 13.8 Å². The molecule has 0 unspecified atom stereocenters. The zero-order chi connectivity index (χ0) is 20.9. The highest BCUT2D eigenvalue weighted by Crippen LogP contribution is 2.19. The van der Waals surface area contributed by atoms with Gasteiger partial charge in [0.05, 0.1) is 10.6 Å². The number of thiazole rings is 1. The van der Waals surface area contributed by atoms with Crippen LogP contribution in [0.1, 0.15) is 42.5 Å². The Morgan fingerprint density at radius 3 is 2.72 bits per heavy atom. The van der Waals surface area contributed by atoms with Crippen molar-refractivity contribution in [2.45, 2.75) is 51.0 Å². The van der Waals surface area contributed by atoms with Crippen LogP contribution < -0.4 is 10.0 Å². The van der Waals surface area contributed by atoms with Crippen molar-refractivity contribution in [3.63, 3.8) is 0 Å². The van der Waals surface area contributed by atoms with Gasteiger partial charge < -0.3 is 5.32 Å². The van der Waals surface area contributed by atoms with Crippen molar-refractivity contribution in [1.82, 2.24) is 14.6 Å². The highest BCUT2D eigenvalue weighted by atomic mass is 32.2. The van der Waals surface area contributed by atoms with E-state index in [4.69, 9.17) is 0 Å². The lowest BCUT2D eigenvalue weighted by Crippen LogP contribution is -2.29. The molecule has 2 aromatic rings. The Balaban J connectivity index is 1.47. The molecule has 0 bridgehead atoms. The molecule has 2 heterocycles. The van der Waals surface area contributed by atoms with Gasteiger partial charge in [0.1, 0.15) is 0 Å². The first kappa shape index (κ1) is 21.9. The number of aromatic nitrogens is 1. The molecule has 1 amide bonds. The van der Waals surface area contributed by atoms with Gasteiger partial charge >= 0.3 is 0 Å². The summed E-state index contributed by atoms with van der Waals surface area (Å²) in [6.45, 7) is 6.64. The Bertz CT molecular complexity index is 950. The predicted molar refractivity (Wildman–Crippen MR) is 116 cm³/mol. The molecule has 0 aliphatic carbocycles. The SMILES string of the molecule is Cc1ccc(C)c(S(=O)(=O)NCCC(=O)Nc2nc(CN3CCCCC3)cs2)c1. The van der Waals surface area contributed by atoms with Gasteiger partial charge in [-0.25, -0.2) is 18.1 Å². The maximum Gasteiger partial charge on any atom is 0.240 e. The highest BCUT2D eigenvalue weighted by Gasteiger charge is 2.17. The number of likely N-dealkylation sites (tertiary alicyclic amines) is 1. The minimum atomic E-state index is -3.64. The van der Waals surface area contributed by atoms with E-state index in [9.17, 15) is 13.2 Å². The fraction of sp³-hybridized carbons (Fsp3) is 0.500. The zero-order valence-electron chi connectivity index (χ0n) is 16.9. The lowest BCUT2D eigenvalue weighted by atomic mass is 10.1. The van der Waals surface area contributed by atoms with E-state index in [0.29, 0.717) is 10.7 Å². The lowest BCUT2D eigenvalue weighted by Gasteiger charge is -2.25. The number of rotatable bonds is 8. The number of carbonyl (C=O) groups excluding carboxylic acids is 1. The third-order valence-corrected chi connectivity index (χ3v) is 7.32. The Hall–Kier alpha value is -1.81. The third-order valence-electron chi connectivity index (χ3n) is 4.91. The molecular weight excluding hydrogens is 408 g/mol. The van der Waals surface area contributed by atoms with Crippen molar-refractivity contribution < 1.29 is 13.2 Å². The van der Waals surface area contributed by atoms with Gasteiger partial charge in [0.15, 0.2) is 5.13 Å². The summed E-state index contributed by atoms with van der Waals surface area (Å²) in [5, 5.41) is 5.28. The molecule has 2 N–H and O–H groups in total. The molecule has 1 fully saturated rings. The average molecular weight is 437 g/mol. The molecule has 1 aliphatic rings. The summed E-state index contributed by atoms with van der Waals surface area (Å²) in [5.41, 5.74) is 2.51. The summed E-state index contributed by atoms with van der Waals surface area (Å²) >= 11 is 1.40. The van der Waals surface area contributed by atoms with Crippen LogP contribution in [0.15, 0.2) is 28.5 Å². The van der Waals surface area contributed by atoms with E-state index in [1.54, 1.807) is 19.1 Å². The van der Waals surface area contributed by atoms with Crippen LogP contribution in [0.4, 0.5) is 5.13 Å². The molecule has 0 spiro atoms. The second kappa shape index (κ2) is 9.80. The molecular formula is C20H28N4O3S2. The van der Waals surface area contributed by atoms with Crippen molar-refractivity contribution >= 4 is 32.4 Å². The maximum atomic E-state index is 12.5. The second-order valence-electron chi connectivity index (χ2n) is 7.45. The van der Waals surface area contributed by atoms with Crippen molar-refractivity contribution in [3.8, 4) is 0 Å². The van der Waals surface area contributed by atoms with Crippen molar-refractivity contribution in [2.75, 3.05) is 25.0 Å². The van der Waals surface area contributed by atoms with Gasteiger partial charge in [-0.05, 0) is 57.0 Å². The zero-order valence-corrected chi connectivity index (χ0v) is 18.5. The molecule has 29 heavy (non-hydrogen) atoms. The summed E-state index contributed by atoms with van der Waals surface area (Å²) in [6, 6.07) is 5.28. The summed E-state index contributed by atoms with van der Waals surface area (Å²) in [5.74, 6) is -0.257. The lowest BCUT2D eigenvalue weighted by molar-refractivity contribution is -0.116. The second-order valence-corrected chi connectivity index (χ2v) is 10.0. The first-order valence-corrected chi connectivity index (χ1v) is 12.2. The summed E-state index contributed by atoms with van der Waals surface area (Å²) in [4.78, 5) is 19.3. The minimum Gasteiger partial charge on any atom is -0.302 e. The van der Waals surface area contributed by atoms with E-state index in [-0.39, 0.29) is 23.8 Å². The quantitative estimate of drug-likeness (QED) is 0.664. The number of hydrogen-bond donors (Lipinski definition) is 2. The van der Waals surface area contributed by atoms with Crippen molar-refractivity contribution in [3.05, 3.63) is 40.4 Å². The Morgan fingerprint density at radius 1 is 1.21 bits per heavy atom. The van der Waals surface area contributed by atoms with E-state index >= 15 is 0 Å². The van der Waals surface area contributed by atoms with Crippen LogP contribution in [0.2, 0.25) is 0 Å². The van der Waals surface area contributed by atoms with Crippen LogP contribution in [0.25, 0.3) is 0 Å². The van der Waals surface area contributed by atoms with E-state index in [2.05, 4.69) is 19.9 Å². The standard InChI is InChI=1S/C20H28N4O3S2/c1-15-6-7-16(2)18(12-15)29(26,27)21-9-8-19(25)23-20-22-17(14-28-20)13-24-10-4-3-5-11-24/h6-7,12,14,21H,3-5,8-11,13H2,1-2H3,(H,22,23,25). The number of carbonyl (C=O) groups is 1. The fourth-order valence-corrected chi connectivity index (χ4v) is 5.42. The molecule has 7 nitrogen and oxygen atoms in total. The van der Waals surface area contributed by atoms with Gasteiger partial charge in [-0.15, -0.1) is 11.3 Å². The molecule has 0 radical (unpaired) electrons. The van der Waals surface area contributed by atoms with E-state index < -0.39 is 10.0 Å². The maximum absolute atomic E-state index is 12.5. The summed E-state index contributed by atoms with van der Waals surface area (Å²) < 4.78 is 27.5. The molecule has 3 rings (SSSR count). The van der Waals surface area contributed by atoms with E-state index in [0.717, 1.165) is 30.9 Å². The van der Waals surface area contributed by atoms with Gasteiger partial charge in [-0.1, -0.05) is 18.6 Å². The van der Waals surface area contributed by atoms with Gasteiger partial charge in [0.2, 0.25) is 15.9 Å². The Kier molecular flexibility index (Phi) is 7.39. The molecule has 9 heteroatoms. The van der Waals surface area contributed by atoms with Crippen molar-refractivity contribution in [2.24, 2.45) is 0 Å². The van der Waals surface area contributed by atoms with E-state index in [1.807, 2.05) is 18.4 Å². The average Bonchev–Trinajstić information content (AvgIpc) is 3.11. The summed E-state index contributed by atoms with van der Waals surface area (Å²) in [6.07, 6.45) is 3.80. The third kappa shape index (κ3) is 6.33. The number of sulfonamides is 1. The number of aryl methyl sites for hydroxylation is 2. The van der Waals surface area contributed by atoms with Crippen molar-refractivity contribution in [1.29, 1.82) is 0 Å².